The monoisotopic (exact) mass is 232 g/mol. The van der Waals surface area contributed by atoms with Gasteiger partial charge in [0.15, 0.2) is 0 Å². The van der Waals surface area contributed by atoms with Gasteiger partial charge in [-0.2, -0.15) is 13.2 Å². The third-order valence-corrected chi connectivity index (χ3v) is 1.80. The number of hydrogen-bond donors (Lipinski definition) is 2. The topological polar surface area (TPSA) is 55.1 Å². The Morgan fingerprint density at radius 2 is 2.06 bits per heavy atom. The standard InChI is InChI=1S/C10H11F3N2O/c11-10(12,13)6-15-9(16)5-7-2-1-3-8(14)4-7/h1-4H,5-6,14H2,(H,15,16). The highest BCUT2D eigenvalue weighted by Crippen LogP contribution is 2.12. The van der Waals surface area contributed by atoms with Gasteiger partial charge in [-0.05, 0) is 17.7 Å². The second kappa shape index (κ2) is 4.87. The molecule has 0 bridgehead atoms. The van der Waals surface area contributed by atoms with Crippen LogP contribution in [0, 0.1) is 0 Å². The molecule has 16 heavy (non-hydrogen) atoms. The first-order valence-corrected chi connectivity index (χ1v) is 4.55. The van der Waals surface area contributed by atoms with Crippen LogP contribution in [0.25, 0.3) is 0 Å². The van der Waals surface area contributed by atoms with Gasteiger partial charge in [0.05, 0.1) is 6.42 Å². The fraction of sp³-hybridized carbons (Fsp3) is 0.300. The van der Waals surface area contributed by atoms with Gasteiger partial charge in [0, 0.05) is 5.69 Å². The summed E-state index contributed by atoms with van der Waals surface area (Å²) in [6.45, 7) is -1.31. The van der Waals surface area contributed by atoms with Crippen LogP contribution in [-0.4, -0.2) is 18.6 Å². The fourth-order valence-electron chi connectivity index (χ4n) is 1.15. The molecule has 3 N–H and O–H groups in total. The molecule has 1 rings (SSSR count). The molecule has 0 atom stereocenters. The number of anilines is 1. The van der Waals surface area contributed by atoms with Gasteiger partial charge in [0.2, 0.25) is 5.91 Å². The van der Waals surface area contributed by atoms with E-state index in [1.807, 2.05) is 0 Å². The maximum Gasteiger partial charge on any atom is 0.405 e. The highest BCUT2D eigenvalue weighted by Gasteiger charge is 2.27. The molecule has 0 fully saturated rings. The van der Waals surface area contributed by atoms with Gasteiger partial charge in [-0.1, -0.05) is 12.1 Å². The number of benzene rings is 1. The van der Waals surface area contributed by atoms with Gasteiger partial charge in [0.25, 0.3) is 0 Å². The van der Waals surface area contributed by atoms with Gasteiger partial charge < -0.3 is 11.1 Å². The Kier molecular flexibility index (Phi) is 3.76. The maximum absolute atomic E-state index is 11.8. The van der Waals surface area contributed by atoms with E-state index in [0.717, 1.165) is 0 Å². The first-order valence-electron chi connectivity index (χ1n) is 4.55. The zero-order valence-electron chi connectivity index (χ0n) is 8.34. The normalized spacial score (nSPS) is 11.2. The number of nitrogen functional groups attached to an aromatic ring is 1. The lowest BCUT2D eigenvalue weighted by Gasteiger charge is -2.08. The van der Waals surface area contributed by atoms with E-state index >= 15 is 0 Å². The summed E-state index contributed by atoms with van der Waals surface area (Å²) >= 11 is 0. The second-order valence-corrected chi connectivity index (χ2v) is 3.31. The van der Waals surface area contributed by atoms with Crippen molar-refractivity contribution in [3.63, 3.8) is 0 Å². The van der Waals surface area contributed by atoms with Crippen LogP contribution in [-0.2, 0) is 11.2 Å². The minimum Gasteiger partial charge on any atom is -0.399 e. The molecule has 3 nitrogen and oxygen atoms in total. The predicted octanol–water partition coefficient (Wildman–Crippen LogP) is 1.49. The molecule has 0 aromatic heterocycles. The van der Waals surface area contributed by atoms with Crippen molar-refractivity contribution in [2.75, 3.05) is 12.3 Å². The summed E-state index contributed by atoms with van der Waals surface area (Å²) in [5.74, 6) is -0.678. The number of carbonyl (C=O) groups excluding carboxylic acids is 1. The Labute approximate surface area is 90.4 Å². The SMILES string of the molecule is Nc1cccc(CC(=O)NCC(F)(F)F)c1. The molecule has 0 aliphatic carbocycles. The predicted molar refractivity (Wildman–Crippen MR) is 53.6 cm³/mol. The van der Waals surface area contributed by atoms with E-state index in [2.05, 4.69) is 0 Å². The summed E-state index contributed by atoms with van der Waals surface area (Å²) < 4.78 is 35.4. The average molecular weight is 232 g/mol. The largest absolute Gasteiger partial charge is 0.405 e. The highest BCUT2D eigenvalue weighted by molar-refractivity contribution is 5.78. The van der Waals surface area contributed by atoms with Gasteiger partial charge in [0.1, 0.15) is 6.54 Å². The Bertz CT molecular complexity index is 377. The molecule has 1 aromatic carbocycles. The Hall–Kier alpha value is -1.72. The molecule has 0 saturated carbocycles. The molecular weight excluding hydrogens is 221 g/mol. The van der Waals surface area contributed by atoms with Crippen molar-refractivity contribution >= 4 is 11.6 Å². The van der Waals surface area contributed by atoms with Crippen LogP contribution in [0.2, 0.25) is 0 Å². The van der Waals surface area contributed by atoms with Crippen molar-refractivity contribution in [1.82, 2.24) is 5.32 Å². The van der Waals surface area contributed by atoms with Crippen LogP contribution in [0.3, 0.4) is 0 Å². The zero-order valence-corrected chi connectivity index (χ0v) is 8.34. The summed E-state index contributed by atoms with van der Waals surface area (Å²) in [7, 11) is 0. The molecule has 0 radical (unpaired) electrons. The molecular formula is C10H11F3N2O. The Morgan fingerprint density at radius 3 is 2.62 bits per heavy atom. The minimum atomic E-state index is -4.38. The zero-order chi connectivity index (χ0) is 12.2. The van der Waals surface area contributed by atoms with E-state index in [1.54, 1.807) is 29.6 Å². The number of nitrogens with one attached hydrogen (secondary N) is 1. The van der Waals surface area contributed by atoms with Crippen LogP contribution in [0.1, 0.15) is 5.56 Å². The molecule has 0 unspecified atom stereocenters. The summed E-state index contributed by atoms with van der Waals surface area (Å²) in [5, 5.41) is 1.79. The first kappa shape index (κ1) is 12.4. The van der Waals surface area contributed by atoms with Crippen molar-refractivity contribution in [1.29, 1.82) is 0 Å². The van der Waals surface area contributed by atoms with E-state index < -0.39 is 18.6 Å². The van der Waals surface area contributed by atoms with Crippen molar-refractivity contribution in [2.24, 2.45) is 0 Å². The van der Waals surface area contributed by atoms with Crippen molar-refractivity contribution in [3.8, 4) is 0 Å². The summed E-state index contributed by atoms with van der Waals surface area (Å²) in [4.78, 5) is 11.1. The molecule has 0 aliphatic rings. The molecule has 1 aromatic rings. The number of rotatable bonds is 3. The summed E-state index contributed by atoms with van der Waals surface area (Å²) in [6, 6.07) is 6.45. The smallest absolute Gasteiger partial charge is 0.399 e. The Morgan fingerprint density at radius 1 is 1.38 bits per heavy atom. The van der Waals surface area contributed by atoms with Crippen LogP contribution < -0.4 is 11.1 Å². The minimum absolute atomic E-state index is 0.110. The molecule has 0 heterocycles. The van der Waals surface area contributed by atoms with Crippen molar-refractivity contribution in [3.05, 3.63) is 29.8 Å². The lowest BCUT2D eigenvalue weighted by atomic mass is 10.1. The maximum atomic E-state index is 11.8. The van der Waals surface area contributed by atoms with E-state index in [0.29, 0.717) is 11.3 Å². The number of halogens is 3. The Balaban J connectivity index is 2.46. The molecule has 6 heteroatoms. The number of hydrogen-bond acceptors (Lipinski definition) is 2. The van der Waals surface area contributed by atoms with Gasteiger partial charge in [-0.15, -0.1) is 0 Å². The molecule has 0 aliphatic heterocycles. The van der Waals surface area contributed by atoms with Gasteiger partial charge in [-0.25, -0.2) is 0 Å². The quantitative estimate of drug-likeness (QED) is 0.776. The van der Waals surface area contributed by atoms with Crippen molar-refractivity contribution in [2.45, 2.75) is 12.6 Å². The van der Waals surface area contributed by atoms with Gasteiger partial charge >= 0.3 is 6.18 Å². The lowest BCUT2D eigenvalue weighted by molar-refractivity contribution is -0.138. The molecule has 0 saturated heterocycles. The highest BCUT2D eigenvalue weighted by atomic mass is 19.4. The number of amides is 1. The average Bonchev–Trinajstić information content (AvgIpc) is 2.14. The third-order valence-electron chi connectivity index (χ3n) is 1.80. The number of nitrogens with two attached hydrogens (primary N) is 1. The third kappa shape index (κ3) is 4.68. The van der Waals surface area contributed by atoms with Crippen LogP contribution in [0.4, 0.5) is 18.9 Å². The van der Waals surface area contributed by atoms with Crippen LogP contribution in [0.5, 0.6) is 0 Å². The summed E-state index contributed by atoms with van der Waals surface area (Å²) in [6.07, 6.45) is -4.49. The van der Waals surface area contributed by atoms with Crippen LogP contribution >= 0.6 is 0 Å². The fourth-order valence-corrected chi connectivity index (χ4v) is 1.15. The van der Waals surface area contributed by atoms with Gasteiger partial charge in [-0.3, -0.25) is 4.79 Å². The van der Waals surface area contributed by atoms with Crippen LogP contribution in [0.15, 0.2) is 24.3 Å². The number of alkyl halides is 3. The molecule has 1 amide bonds. The van der Waals surface area contributed by atoms with E-state index in [4.69, 9.17) is 5.73 Å². The van der Waals surface area contributed by atoms with E-state index in [1.165, 1.54) is 0 Å². The summed E-state index contributed by atoms with van der Waals surface area (Å²) in [5.41, 5.74) is 6.52. The van der Waals surface area contributed by atoms with E-state index in [-0.39, 0.29) is 6.42 Å². The molecule has 0 spiro atoms. The lowest BCUT2D eigenvalue weighted by Crippen LogP contribution is -2.34. The number of carbonyl (C=O) groups is 1. The molecule has 88 valence electrons. The van der Waals surface area contributed by atoms with E-state index in [9.17, 15) is 18.0 Å². The van der Waals surface area contributed by atoms with Crippen molar-refractivity contribution < 1.29 is 18.0 Å². The first-order chi connectivity index (χ1) is 7.37. The second-order valence-electron chi connectivity index (χ2n) is 3.31.